The average molecular weight is 436 g/mol. The molecule has 7 heteroatoms. The summed E-state index contributed by atoms with van der Waals surface area (Å²) in [4.78, 5) is 19.2. The smallest absolute Gasteiger partial charge is 0.227 e. The summed E-state index contributed by atoms with van der Waals surface area (Å²) in [5.74, 6) is 3.52. The van der Waals surface area contributed by atoms with Gasteiger partial charge in [-0.15, -0.1) is 0 Å². The van der Waals surface area contributed by atoms with Crippen LogP contribution < -0.4 is 9.47 Å². The molecule has 0 N–H and O–H groups in total. The highest BCUT2D eigenvalue weighted by atomic mass is 16.5. The minimum atomic E-state index is 0.203. The van der Waals surface area contributed by atoms with E-state index in [1.807, 2.05) is 53.4 Å². The zero-order valence-electron chi connectivity index (χ0n) is 18.6. The van der Waals surface area contributed by atoms with E-state index in [-0.39, 0.29) is 5.91 Å². The van der Waals surface area contributed by atoms with E-state index in [4.69, 9.17) is 14.0 Å². The first-order valence-corrected chi connectivity index (χ1v) is 11.0. The predicted octanol–water partition coefficient (Wildman–Crippen LogP) is 4.17. The van der Waals surface area contributed by atoms with Crippen molar-refractivity contribution in [3.05, 3.63) is 60.0 Å². The number of rotatable bonds is 8. The molecule has 0 spiro atoms. The van der Waals surface area contributed by atoms with Crippen molar-refractivity contribution in [1.29, 1.82) is 0 Å². The molecule has 0 atom stereocenters. The molecule has 0 unspecified atom stereocenters. The SMILES string of the molecule is COc1ccc(-c2noc(CC3CCN(C(=O)CCc4ccccc4OC)CC3)n2)cc1. The number of para-hydroxylation sites is 1. The second-order valence-corrected chi connectivity index (χ2v) is 8.08. The molecule has 3 aromatic rings. The molecule has 1 fully saturated rings. The number of benzene rings is 2. The normalized spacial score (nSPS) is 14.4. The molecular formula is C25H29N3O4. The quantitative estimate of drug-likeness (QED) is 0.529. The number of hydrogen-bond donors (Lipinski definition) is 0. The number of carbonyl (C=O) groups is 1. The van der Waals surface area contributed by atoms with Crippen LogP contribution in [0.15, 0.2) is 53.1 Å². The number of aromatic nitrogens is 2. The van der Waals surface area contributed by atoms with E-state index >= 15 is 0 Å². The third kappa shape index (κ3) is 5.28. The Balaban J connectivity index is 1.25. The van der Waals surface area contributed by atoms with E-state index in [1.54, 1.807) is 14.2 Å². The van der Waals surface area contributed by atoms with Gasteiger partial charge >= 0.3 is 0 Å². The lowest BCUT2D eigenvalue weighted by Crippen LogP contribution is -2.39. The maximum absolute atomic E-state index is 12.7. The monoisotopic (exact) mass is 435 g/mol. The van der Waals surface area contributed by atoms with Crippen LogP contribution in [0.1, 0.15) is 30.7 Å². The van der Waals surface area contributed by atoms with Crippen molar-refractivity contribution in [2.24, 2.45) is 5.92 Å². The molecule has 0 radical (unpaired) electrons. The van der Waals surface area contributed by atoms with Crippen LogP contribution in [-0.2, 0) is 17.6 Å². The van der Waals surface area contributed by atoms with Gasteiger partial charge in [-0.25, -0.2) is 0 Å². The van der Waals surface area contributed by atoms with E-state index in [1.165, 1.54) is 0 Å². The molecule has 1 amide bonds. The van der Waals surface area contributed by atoms with Gasteiger partial charge in [-0.05, 0) is 61.1 Å². The Labute approximate surface area is 188 Å². The lowest BCUT2D eigenvalue weighted by atomic mass is 9.93. The minimum absolute atomic E-state index is 0.203. The van der Waals surface area contributed by atoms with Gasteiger partial charge in [0, 0.05) is 31.5 Å². The summed E-state index contributed by atoms with van der Waals surface area (Å²) >= 11 is 0. The Hall–Kier alpha value is -3.35. The first-order chi connectivity index (χ1) is 15.7. The molecule has 32 heavy (non-hydrogen) atoms. The average Bonchev–Trinajstić information content (AvgIpc) is 3.31. The third-order valence-corrected chi connectivity index (χ3v) is 6.05. The number of aryl methyl sites for hydroxylation is 1. The molecule has 0 saturated carbocycles. The van der Waals surface area contributed by atoms with Gasteiger partial charge in [0.1, 0.15) is 11.5 Å². The maximum Gasteiger partial charge on any atom is 0.227 e. The van der Waals surface area contributed by atoms with Crippen LogP contribution in [0.5, 0.6) is 11.5 Å². The maximum atomic E-state index is 12.7. The molecule has 0 aliphatic carbocycles. The van der Waals surface area contributed by atoms with Gasteiger partial charge in [0.2, 0.25) is 17.6 Å². The van der Waals surface area contributed by atoms with Crippen LogP contribution in [0, 0.1) is 5.92 Å². The lowest BCUT2D eigenvalue weighted by molar-refractivity contribution is -0.132. The molecule has 2 aromatic carbocycles. The van der Waals surface area contributed by atoms with Crippen LogP contribution in [0.2, 0.25) is 0 Å². The Bertz CT molecular complexity index is 1020. The fraction of sp³-hybridized carbons (Fsp3) is 0.400. The first kappa shape index (κ1) is 21.9. The summed E-state index contributed by atoms with van der Waals surface area (Å²) in [6.45, 7) is 1.55. The number of hydrogen-bond acceptors (Lipinski definition) is 6. The molecular weight excluding hydrogens is 406 g/mol. The van der Waals surface area contributed by atoms with Crippen LogP contribution in [0.3, 0.4) is 0 Å². The zero-order valence-corrected chi connectivity index (χ0v) is 18.6. The van der Waals surface area contributed by atoms with Crippen molar-refractivity contribution >= 4 is 5.91 Å². The van der Waals surface area contributed by atoms with Crippen molar-refractivity contribution in [2.45, 2.75) is 32.1 Å². The van der Waals surface area contributed by atoms with Crippen molar-refractivity contribution in [2.75, 3.05) is 27.3 Å². The van der Waals surface area contributed by atoms with Crippen LogP contribution >= 0.6 is 0 Å². The molecule has 1 saturated heterocycles. The molecule has 4 rings (SSSR count). The highest BCUT2D eigenvalue weighted by Crippen LogP contribution is 2.25. The number of ether oxygens (including phenoxy) is 2. The summed E-state index contributed by atoms with van der Waals surface area (Å²) in [5, 5.41) is 4.12. The van der Waals surface area contributed by atoms with Gasteiger partial charge in [-0.2, -0.15) is 4.98 Å². The Morgan fingerprint density at radius 2 is 1.81 bits per heavy atom. The second-order valence-electron chi connectivity index (χ2n) is 8.08. The first-order valence-electron chi connectivity index (χ1n) is 11.0. The molecule has 2 heterocycles. The number of methoxy groups -OCH3 is 2. The van der Waals surface area contributed by atoms with E-state index in [0.29, 0.717) is 30.5 Å². The van der Waals surface area contributed by atoms with E-state index < -0.39 is 0 Å². The highest BCUT2D eigenvalue weighted by Gasteiger charge is 2.24. The Morgan fingerprint density at radius 3 is 2.53 bits per heavy atom. The molecule has 1 aliphatic heterocycles. The van der Waals surface area contributed by atoms with Gasteiger partial charge in [-0.3, -0.25) is 4.79 Å². The number of carbonyl (C=O) groups excluding carboxylic acids is 1. The number of likely N-dealkylation sites (tertiary alicyclic amines) is 1. The molecule has 1 aliphatic rings. The molecule has 7 nitrogen and oxygen atoms in total. The summed E-state index contributed by atoms with van der Waals surface area (Å²) in [6, 6.07) is 15.5. The van der Waals surface area contributed by atoms with Crippen LogP contribution in [-0.4, -0.2) is 48.3 Å². The van der Waals surface area contributed by atoms with E-state index in [2.05, 4.69) is 10.1 Å². The second kappa shape index (κ2) is 10.3. The van der Waals surface area contributed by atoms with Gasteiger partial charge in [0.15, 0.2) is 0 Å². The largest absolute Gasteiger partial charge is 0.497 e. The summed E-state index contributed by atoms with van der Waals surface area (Å²) in [7, 11) is 3.30. The van der Waals surface area contributed by atoms with Gasteiger partial charge < -0.3 is 18.9 Å². The molecule has 0 bridgehead atoms. The number of nitrogens with zero attached hydrogens (tertiary/aromatic N) is 3. The zero-order chi connectivity index (χ0) is 22.3. The van der Waals surface area contributed by atoms with Crippen LogP contribution in [0.4, 0.5) is 0 Å². The predicted molar refractivity (Wildman–Crippen MR) is 121 cm³/mol. The minimum Gasteiger partial charge on any atom is -0.497 e. The third-order valence-electron chi connectivity index (χ3n) is 6.05. The van der Waals surface area contributed by atoms with E-state index in [9.17, 15) is 4.79 Å². The summed E-state index contributed by atoms with van der Waals surface area (Å²) < 4.78 is 16.0. The molecule has 1 aromatic heterocycles. The van der Waals surface area contributed by atoms with Crippen LogP contribution in [0.25, 0.3) is 11.4 Å². The van der Waals surface area contributed by atoms with E-state index in [0.717, 1.165) is 55.0 Å². The van der Waals surface area contributed by atoms with Gasteiger partial charge in [-0.1, -0.05) is 23.4 Å². The van der Waals surface area contributed by atoms with Gasteiger partial charge in [0.25, 0.3) is 0 Å². The van der Waals surface area contributed by atoms with Crippen molar-refractivity contribution < 1.29 is 18.8 Å². The van der Waals surface area contributed by atoms with Crippen molar-refractivity contribution in [1.82, 2.24) is 15.0 Å². The lowest BCUT2D eigenvalue weighted by Gasteiger charge is -2.31. The standard InChI is InChI=1S/C25H29N3O4/c1-30-21-10-7-20(8-11-21)25-26-23(32-27-25)17-18-13-15-28(16-14-18)24(29)12-9-19-5-3-4-6-22(19)31-2/h3-8,10-11,18H,9,12-17H2,1-2H3. The highest BCUT2D eigenvalue weighted by molar-refractivity contribution is 5.76. The van der Waals surface area contributed by atoms with Crippen molar-refractivity contribution in [3.8, 4) is 22.9 Å². The fourth-order valence-corrected chi connectivity index (χ4v) is 4.14. The fourth-order valence-electron chi connectivity index (χ4n) is 4.14. The topological polar surface area (TPSA) is 77.7 Å². The van der Waals surface area contributed by atoms with Gasteiger partial charge in [0.05, 0.1) is 14.2 Å². The Morgan fingerprint density at radius 1 is 1.06 bits per heavy atom. The summed E-state index contributed by atoms with van der Waals surface area (Å²) in [6.07, 6.45) is 3.83. The van der Waals surface area contributed by atoms with Crippen molar-refractivity contribution in [3.63, 3.8) is 0 Å². The number of amides is 1. The Kier molecular flexibility index (Phi) is 7.04. The molecule has 168 valence electrons. The number of piperidine rings is 1. The summed E-state index contributed by atoms with van der Waals surface area (Å²) in [5.41, 5.74) is 1.97.